The molecule has 0 saturated heterocycles. The Hall–Kier alpha value is -1.05. The molecular formula is C12H14O2. The minimum atomic E-state index is -0.160. The lowest BCUT2D eigenvalue weighted by atomic mass is 9.84. The standard InChI is InChI=1S/C12H14O2/c1-7(13)14-11-5-4-10-8-2-3-9(6-8)12(10)11/h2-5,8-12H,6H2,1H3/t8-,9-,10-,11+,12-/m0/s1. The van der Waals surface area contributed by atoms with Gasteiger partial charge in [-0.05, 0) is 30.3 Å². The summed E-state index contributed by atoms with van der Waals surface area (Å²) in [6.45, 7) is 1.49. The zero-order chi connectivity index (χ0) is 9.71. The van der Waals surface area contributed by atoms with E-state index in [1.54, 1.807) is 0 Å². The Balaban J connectivity index is 1.82. The minimum absolute atomic E-state index is 0.0393. The van der Waals surface area contributed by atoms with Gasteiger partial charge in [0.15, 0.2) is 0 Å². The normalized spacial score (nSPS) is 47.1. The highest BCUT2D eigenvalue weighted by atomic mass is 16.5. The monoisotopic (exact) mass is 190 g/mol. The van der Waals surface area contributed by atoms with E-state index < -0.39 is 0 Å². The molecular weight excluding hydrogens is 176 g/mol. The summed E-state index contributed by atoms with van der Waals surface area (Å²) in [6.07, 6.45) is 10.2. The smallest absolute Gasteiger partial charge is 0.303 e. The molecule has 5 atom stereocenters. The first-order chi connectivity index (χ1) is 6.75. The van der Waals surface area contributed by atoms with Gasteiger partial charge in [-0.2, -0.15) is 0 Å². The van der Waals surface area contributed by atoms with E-state index in [1.165, 1.54) is 13.3 Å². The van der Waals surface area contributed by atoms with E-state index in [-0.39, 0.29) is 12.1 Å². The quantitative estimate of drug-likeness (QED) is 0.466. The van der Waals surface area contributed by atoms with Gasteiger partial charge in [-0.3, -0.25) is 4.79 Å². The summed E-state index contributed by atoms with van der Waals surface area (Å²) < 4.78 is 5.32. The summed E-state index contributed by atoms with van der Waals surface area (Å²) in [7, 11) is 0. The Kier molecular flexibility index (Phi) is 1.61. The number of ether oxygens (including phenoxy) is 1. The van der Waals surface area contributed by atoms with Crippen LogP contribution in [-0.4, -0.2) is 12.1 Å². The number of carbonyl (C=O) groups is 1. The first kappa shape index (κ1) is 8.27. The van der Waals surface area contributed by atoms with Crippen LogP contribution >= 0.6 is 0 Å². The van der Waals surface area contributed by atoms with E-state index in [2.05, 4.69) is 24.3 Å². The lowest BCUT2D eigenvalue weighted by Crippen LogP contribution is -2.27. The molecule has 0 radical (unpaired) electrons. The van der Waals surface area contributed by atoms with Crippen molar-refractivity contribution in [1.29, 1.82) is 0 Å². The topological polar surface area (TPSA) is 26.3 Å². The van der Waals surface area contributed by atoms with Crippen LogP contribution < -0.4 is 0 Å². The Bertz CT molecular complexity index is 329. The van der Waals surface area contributed by atoms with Gasteiger partial charge in [-0.1, -0.05) is 18.2 Å². The maximum absolute atomic E-state index is 10.9. The van der Waals surface area contributed by atoms with Crippen LogP contribution in [0.5, 0.6) is 0 Å². The van der Waals surface area contributed by atoms with Crippen LogP contribution in [0.25, 0.3) is 0 Å². The molecule has 1 saturated carbocycles. The first-order valence-electron chi connectivity index (χ1n) is 5.29. The zero-order valence-electron chi connectivity index (χ0n) is 8.22. The van der Waals surface area contributed by atoms with E-state index in [4.69, 9.17) is 4.74 Å². The number of rotatable bonds is 1. The number of esters is 1. The van der Waals surface area contributed by atoms with Gasteiger partial charge in [0.25, 0.3) is 0 Å². The maximum atomic E-state index is 10.9. The predicted octanol–water partition coefficient (Wildman–Crippen LogP) is 1.93. The van der Waals surface area contributed by atoms with Gasteiger partial charge in [0.2, 0.25) is 0 Å². The molecule has 0 N–H and O–H groups in total. The third-order valence-electron chi connectivity index (χ3n) is 3.79. The minimum Gasteiger partial charge on any atom is -0.458 e. The molecule has 3 rings (SSSR count). The van der Waals surface area contributed by atoms with Crippen molar-refractivity contribution >= 4 is 5.97 Å². The molecule has 0 unspecified atom stereocenters. The van der Waals surface area contributed by atoms with E-state index >= 15 is 0 Å². The Morgan fingerprint density at radius 3 is 2.79 bits per heavy atom. The molecule has 2 heteroatoms. The van der Waals surface area contributed by atoms with Crippen molar-refractivity contribution in [2.24, 2.45) is 23.7 Å². The van der Waals surface area contributed by atoms with E-state index in [0.29, 0.717) is 23.7 Å². The van der Waals surface area contributed by atoms with Crippen molar-refractivity contribution in [3.63, 3.8) is 0 Å². The van der Waals surface area contributed by atoms with Crippen LogP contribution in [0, 0.1) is 23.7 Å². The summed E-state index contributed by atoms with van der Waals surface area (Å²) in [4.78, 5) is 10.9. The van der Waals surface area contributed by atoms with Gasteiger partial charge in [0.1, 0.15) is 6.10 Å². The van der Waals surface area contributed by atoms with Gasteiger partial charge < -0.3 is 4.74 Å². The summed E-state index contributed by atoms with van der Waals surface area (Å²) in [6, 6.07) is 0. The number of fused-ring (bicyclic) bond motifs is 5. The highest BCUT2D eigenvalue weighted by Gasteiger charge is 2.49. The number of hydrogen-bond acceptors (Lipinski definition) is 2. The van der Waals surface area contributed by atoms with Crippen LogP contribution in [0.1, 0.15) is 13.3 Å². The Morgan fingerprint density at radius 1 is 1.21 bits per heavy atom. The van der Waals surface area contributed by atoms with Crippen LogP contribution in [0.15, 0.2) is 24.3 Å². The SMILES string of the molecule is CC(=O)O[C@@H]1C=C[C@@H]2[C@@H]1[C@H]1C=C[C@H]2C1. The van der Waals surface area contributed by atoms with Crippen molar-refractivity contribution in [3.05, 3.63) is 24.3 Å². The second-order valence-corrected chi connectivity index (χ2v) is 4.56. The van der Waals surface area contributed by atoms with Gasteiger partial charge in [0, 0.05) is 12.8 Å². The summed E-state index contributed by atoms with van der Waals surface area (Å²) in [5, 5.41) is 0. The largest absolute Gasteiger partial charge is 0.458 e. The van der Waals surface area contributed by atoms with Crippen molar-refractivity contribution in [2.45, 2.75) is 19.4 Å². The number of allylic oxidation sites excluding steroid dienone is 3. The molecule has 2 nitrogen and oxygen atoms in total. The van der Waals surface area contributed by atoms with Crippen molar-refractivity contribution in [2.75, 3.05) is 0 Å². The van der Waals surface area contributed by atoms with Gasteiger partial charge >= 0.3 is 5.97 Å². The fourth-order valence-corrected chi connectivity index (χ4v) is 3.31. The van der Waals surface area contributed by atoms with Crippen molar-refractivity contribution in [1.82, 2.24) is 0 Å². The molecule has 0 spiro atoms. The van der Waals surface area contributed by atoms with Crippen LogP contribution in [-0.2, 0) is 9.53 Å². The molecule has 0 aliphatic heterocycles. The van der Waals surface area contributed by atoms with Crippen LogP contribution in [0.2, 0.25) is 0 Å². The molecule has 14 heavy (non-hydrogen) atoms. The lowest BCUT2D eigenvalue weighted by Gasteiger charge is -2.25. The number of carbonyl (C=O) groups excluding carboxylic acids is 1. The van der Waals surface area contributed by atoms with Crippen LogP contribution in [0.3, 0.4) is 0 Å². The van der Waals surface area contributed by atoms with Crippen molar-refractivity contribution in [3.8, 4) is 0 Å². The zero-order valence-corrected chi connectivity index (χ0v) is 8.22. The lowest BCUT2D eigenvalue weighted by molar-refractivity contribution is -0.146. The summed E-state index contributed by atoms with van der Waals surface area (Å²) >= 11 is 0. The third-order valence-corrected chi connectivity index (χ3v) is 3.79. The summed E-state index contributed by atoms with van der Waals surface area (Å²) in [5.41, 5.74) is 0. The molecule has 2 bridgehead atoms. The molecule has 0 amide bonds. The predicted molar refractivity (Wildman–Crippen MR) is 52.4 cm³/mol. The molecule has 1 fully saturated rings. The highest BCUT2D eigenvalue weighted by molar-refractivity contribution is 5.66. The van der Waals surface area contributed by atoms with Gasteiger partial charge in [0.05, 0.1) is 0 Å². The first-order valence-corrected chi connectivity index (χ1v) is 5.29. The third kappa shape index (κ3) is 0.999. The molecule has 0 heterocycles. The average Bonchev–Trinajstić information content (AvgIpc) is 2.74. The van der Waals surface area contributed by atoms with Crippen LogP contribution in [0.4, 0.5) is 0 Å². The second-order valence-electron chi connectivity index (χ2n) is 4.56. The van der Waals surface area contributed by atoms with E-state index in [0.717, 1.165) is 0 Å². The molecule has 3 aliphatic rings. The fraction of sp³-hybridized carbons (Fsp3) is 0.583. The van der Waals surface area contributed by atoms with Gasteiger partial charge in [-0.25, -0.2) is 0 Å². The Morgan fingerprint density at radius 2 is 2.00 bits per heavy atom. The van der Waals surface area contributed by atoms with E-state index in [1.807, 2.05) is 0 Å². The second kappa shape index (κ2) is 2.72. The molecule has 0 aromatic heterocycles. The number of hydrogen-bond donors (Lipinski definition) is 0. The summed E-state index contributed by atoms with van der Waals surface area (Å²) in [5.74, 6) is 2.36. The maximum Gasteiger partial charge on any atom is 0.303 e. The Labute approximate surface area is 83.6 Å². The molecule has 3 aliphatic carbocycles. The van der Waals surface area contributed by atoms with Crippen molar-refractivity contribution < 1.29 is 9.53 Å². The highest BCUT2D eigenvalue weighted by Crippen LogP contribution is 2.53. The average molecular weight is 190 g/mol. The van der Waals surface area contributed by atoms with E-state index in [9.17, 15) is 4.79 Å². The molecule has 0 aromatic rings. The molecule has 74 valence electrons. The molecule has 0 aromatic carbocycles. The fourth-order valence-electron chi connectivity index (χ4n) is 3.31. The van der Waals surface area contributed by atoms with Gasteiger partial charge in [-0.15, -0.1) is 0 Å².